The van der Waals surface area contributed by atoms with Crippen molar-refractivity contribution < 1.29 is 22.4 Å². The Kier molecular flexibility index (Phi) is 4.87. The molecule has 1 amide bonds. The number of nitrogens with zero attached hydrogens (tertiary/aromatic N) is 2. The van der Waals surface area contributed by atoms with E-state index in [1.165, 1.54) is 12.3 Å². The summed E-state index contributed by atoms with van der Waals surface area (Å²) in [6.45, 7) is 1.91. The predicted molar refractivity (Wildman–Crippen MR) is 87.1 cm³/mol. The van der Waals surface area contributed by atoms with Crippen LogP contribution in [-0.4, -0.2) is 15.9 Å². The molecule has 3 aromatic rings. The second kappa shape index (κ2) is 7.26. The molecule has 0 unspecified atom stereocenters. The molecule has 0 spiro atoms. The van der Waals surface area contributed by atoms with Gasteiger partial charge in [0.1, 0.15) is 23.1 Å². The van der Waals surface area contributed by atoms with Gasteiger partial charge in [0.25, 0.3) is 5.91 Å². The summed E-state index contributed by atoms with van der Waals surface area (Å²) in [5, 5.41) is 5.13. The highest BCUT2D eigenvalue weighted by Gasteiger charge is 2.17. The minimum Gasteiger partial charge on any atom is -0.467 e. The van der Waals surface area contributed by atoms with Crippen molar-refractivity contribution in [3.8, 4) is 0 Å². The zero-order valence-corrected chi connectivity index (χ0v) is 13.5. The third-order valence-electron chi connectivity index (χ3n) is 3.38. The Morgan fingerprint density at radius 1 is 1.15 bits per heavy atom. The lowest BCUT2D eigenvalue weighted by Crippen LogP contribution is -2.17. The monoisotopic (exact) mass is 362 g/mol. The van der Waals surface area contributed by atoms with Crippen molar-refractivity contribution in [3.63, 3.8) is 0 Å². The topological polar surface area (TPSA) is 80.0 Å². The quantitative estimate of drug-likeness (QED) is 0.677. The number of amides is 1. The lowest BCUT2D eigenvalue weighted by atomic mass is 10.2. The maximum atomic E-state index is 13.7. The van der Waals surface area contributed by atoms with Gasteiger partial charge in [0.15, 0.2) is 17.5 Å². The number of furan rings is 1. The second-order valence-electron chi connectivity index (χ2n) is 5.30. The minimum absolute atomic E-state index is 0.0661. The van der Waals surface area contributed by atoms with Crippen LogP contribution in [0.5, 0.6) is 0 Å². The lowest BCUT2D eigenvalue weighted by molar-refractivity contribution is 0.102. The van der Waals surface area contributed by atoms with Crippen LogP contribution in [-0.2, 0) is 6.54 Å². The molecule has 0 aliphatic carbocycles. The number of aryl methyl sites for hydroxylation is 1. The summed E-state index contributed by atoms with van der Waals surface area (Å²) in [4.78, 5) is 20.4. The first-order chi connectivity index (χ1) is 12.4. The molecule has 0 aliphatic heterocycles. The molecule has 0 fully saturated rings. The fraction of sp³-hybridized carbons (Fsp3) is 0.118. The van der Waals surface area contributed by atoms with E-state index >= 15 is 0 Å². The van der Waals surface area contributed by atoms with Crippen molar-refractivity contribution in [2.45, 2.75) is 13.5 Å². The number of hydrogen-bond acceptors (Lipinski definition) is 5. The molecular weight excluding hydrogens is 349 g/mol. The SMILES string of the molecule is Cc1nc(NCc2ccco2)cc(C(=O)Nc2ccc(F)c(F)c2F)n1. The number of anilines is 2. The first-order valence-corrected chi connectivity index (χ1v) is 7.51. The molecule has 2 heterocycles. The number of halogens is 3. The molecule has 0 saturated carbocycles. The van der Waals surface area contributed by atoms with E-state index in [4.69, 9.17) is 4.42 Å². The summed E-state index contributed by atoms with van der Waals surface area (Å²) in [5.41, 5.74) is -0.557. The van der Waals surface area contributed by atoms with Crippen molar-refractivity contribution in [3.05, 3.63) is 71.3 Å². The molecule has 0 saturated heterocycles. The van der Waals surface area contributed by atoms with E-state index in [0.29, 0.717) is 23.9 Å². The van der Waals surface area contributed by atoms with Gasteiger partial charge < -0.3 is 15.1 Å². The fourth-order valence-electron chi connectivity index (χ4n) is 2.17. The Bertz CT molecular complexity index is 945. The van der Waals surface area contributed by atoms with Gasteiger partial charge in [-0.1, -0.05) is 0 Å². The Morgan fingerprint density at radius 3 is 2.69 bits per heavy atom. The van der Waals surface area contributed by atoms with Crippen LogP contribution in [0.4, 0.5) is 24.7 Å². The maximum absolute atomic E-state index is 13.7. The highest BCUT2D eigenvalue weighted by molar-refractivity contribution is 6.03. The largest absolute Gasteiger partial charge is 0.467 e. The zero-order valence-electron chi connectivity index (χ0n) is 13.5. The molecule has 0 bridgehead atoms. The van der Waals surface area contributed by atoms with Crippen molar-refractivity contribution in [1.29, 1.82) is 0 Å². The van der Waals surface area contributed by atoms with Crippen molar-refractivity contribution in [2.75, 3.05) is 10.6 Å². The number of carbonyl (C=O) groups excluding carboxylic acids is 1. The van der Waals surface area contributed by atoms with Crippen LogP contribution < -0.4 is 10.6 Å². The summed E-state index contributed by atoms with van der Waals surface area (Å²) in [6, 6.07) is 6.49. The van der Waals surface area contributed by atoms with Gasteiger partial charge in [-0.3, -0.25) is 4.79 Å². The summed E-state index contributed by atoms with van der Waals surface area (Å²) < 4.78 is 45.1. The van der Waals surface area contributed by atoms with Crippen LogP contribution in [0.2, 0.25) is 0 Å². The van der Waals surface area contributed by atoms with E-state index in [-0.39, 0.29) is 5.69 Å². The van der Waals surface area contributed by atoms with Crippen molar-refractivity contribution in [1.82, 2.24) is 9.97 Å². The second-order valence-corrected chi connectivity index (χ2v) is 5.30. The Labute approximate surface area is 146 Å². The van der Waals surface area contributed by atoms with Gasteiger partial charge >= 0.3 is 0 Å². The van der Waals surface area contributed by atoms with Gasteiger partial charge in [-0.15, -0.1) is 0 Å². The van der Waals surface area contributed by atoms with Crippen LogP contribution in [0, 0.1) is 24.4 Å². The molecule has 26 heavy (non-hydrogen) atoms. The zero-order chi connectivity index (χ0) is 18.7. The predicted octanol–water partition coefficient (Wildman–Crippen LogP) is 3.66. The summed E-state index contributed by atoms with van der Waals surface area (Å²) >= 11 is 0. The molecule has 0 radical (unpaired) electrons. The normalized spacial score (nSPS) is 10.6. The van der Waals surface area contributed by atoms with Gasteiger partial charge in [0.05, 0.1) is 18.5 Å². The van der Waals surface area contributed by atoms with Gasteiger partial charge in [0.2, 0.25) is 0 Å². The molecule has 9 heteroatoms. The Morgan fingerprint density at radius 2 is 1.96 bits per heavy atom. The van der Waals surface area contributed by atoms with Crippen LogP contribution in [0.1, 0.15) is 22.1 Å². The van der Waals surface area contributed by atoms with Gasteiger partial charge in [0, 0.05) is 6.07 Å². The van der Waals surface area contributed by atoms with Crippen LogP contribution in [0.15, 0.2) is 41.0 Å². The van der Waals surface area contributed by atoms with Crippen LogP contribution >= 0.6 is 0 Å². The molecule has 134 valence electrons. The molecule has 0 atom stereocenters. The molecular formula is C17H13F3N4O2. The summed E-state index contributed by atoms with van der Waals surface area (Å²) in [7, 11) is 0. The average Bonchev–Trinajstić information content (AvgIpc) is 3.13. The number of carbonyl (C=O) groups is 1. The highest BCUT2D eigenvalue weighted by atomic mass is 19.2. The van der Waals surface area contributed by atoms with Gasteiger partial charge in [-0.05, 0) is 31.2 Å². The number of benzene rings is 1. The van der Waals surface area contributed by atoms with Gasteiger partial charge in [-0.25, -0.2) is 23.1 Å². The third-order valence-corrected chi connectivity index (χ3v) is 3.38. The van der Waals surface area contributed by atoms with E-state index < -0.39 is 29.0 Å². The van der Waals surface area contributed by atoms with E-state index in [9.17, 15) is 18.0 Å². The number of rotatable bonds is 5. The average molecular weight is 362 g/mol. The lowest BCUT2D eigenvalue weighted by Gasteiger charge is -2.09. The molecule has 0 aliphatic rings. The summed E-state index contributed by atoms with van der Waals surface area (Å²) in [5.74, 6) is -3.97. The van der Waals surface area contributed by atoms with Crippen LogP contribution in [0.3, 0.4) is 0 Å². The summed E-state index contributed by atoms with van der Waals surface area (Å²) in [6.07, 6.45) is 1.53. The molecule has 2 N–H and O–H groups in total. The standard InChI is InChI=1S/C17H13F3N4O2/c1-9-22-13(7-14(23-9)21-8-10-3-2-6-26-10)17(25)24-12-5-4-11(18)15(19)16(12)20/h2-7H,8H2,1H3,(H,24,25)(H,21,22,23). The molecule has 6 nitrogen and oxygen atoms in total. The number of aromatic nitrogens is 2. The first-order valence-electron chi connectivity index (χ1n) is 7.51. The number of hydrogen-bond donors (Lipinski definition) is 2. The van der Waals surface area contributed by atoms with E-state index in [2.05, 4.69) is 20.6 Å². The van der Waals surface area contributed by atoms with E-state index in [1.807, 2.05) is 0 Å². The molecule has 1 aromatic carbocycles. The Hall–Kier alpha value is -3.36. The number of nitrogens with one attached hydrogen (secondary N) is 2. The Balaban J connectivity index is 1.78. The van der Waals surface area contributed by atoms with Crippen molar-refractivity contribution in [2.24, 2.45) is 0 Å². The van der Waals surface area contributed by atoms with E-state index in [1.54, 1.807) is 19.1 Å². The van der Waals surface area contributed by atoms with Crippen molar-refractivity contribution >= 4 is 17.4 Å². The maximum Gasteiger partial charge on any atom is 0.274 e. The fourth-order valence-corrected chi connectivity index (χ4v) is 2.17. The smallest absolute Gasteiger partial charge is 0.274 e. The first kappa shape index (κ1) is 17.5. The van der Waals surface area contributed by atoms with Gasteiger partial charge in [-0.2, -0.15) is 0 Å². The molecule has 3 rings (SSSR count). The van der Waals surface area contributed by atoms with E-state index in [0.717, 1.165) is 12.1 Å². The third kappa shape index (κ3) is 3.82. The minimum atomic E-state index is -1.66. The molecule has 2 aromatic heterocycles. The highest BCUT2D eigenvalue weighted by Crippen LogP contribution is 2.20. The van der Waals surface area contributed by atoms with Crippen LogP contribution in [0.25, 0.3) is 0 Å².